The predicted octanol–water partition coefficient (Wildman–Crippen LogP) is 3.47. The maximum atomic E-state index is 16.3. The summed E-state index contributed by atoms with van der Waals surface area (Å²) in [5.74, 6) is -9.79. The van der Waals surface area contributed by atoms with Crippen molar-refractivity contribution in [3.05, 3.63) is 35.9 Å². The molecule has 9 atom stereocenters. The van der Waals surface area contributed by atoms with Crippen LogP contribution in [0.15, 0.2) is 35.3 Å². The van der Waals surface area contributed by atoms with Crippen molar-refractivity contribution in [2.24, 2.45) is 33.6 Å². The number of hydrogen-bond acceptors (Lipinski definition) is 11. The van der Waals surface area contributed by atoms with Crippen molar-refractivity contribution in [2.75, 3.05) is 11.9 Å². The number of benzene rings is 1. The Balaban J connectivity index is 1.28. The number of nitrogens with zero attached hydrogens (tertiary/aromatic N) is 3. The van der Waals surface area contributed by atoms with Crippen molar-refractivity contribution in [1.29, 1.82) is 5.26 Å². The van der Waals surface area contributed by atoms with E-state index in [1.165, 1.54) is 31.2 Å². The van der Waals surface area contributed by atoms with Gasteiger partial charge < -0.3 is 25.0 Å². The fraction of sp³-hybridized carbons (Fsp3) is 0.634. The Morgan fingerprint density at radius 2 is 1.89 bits per heavy atom. The molecule has 1 saturated heterocycles. The number of ether oxygens (including phenoxy) is 2. The summed E-state index contributed by atoms with van der Waals surface area (Å²) in [6, 6.07) is 1.58. The normalized spacial score (nSPS) is 33.4. The summed E-state index contributed by atoms with van der Waals surface area (Å²) in [5.41, 5.74) is -2.57. The molecule has 0 spiro atoms. The van der Waals surface area contributed by atoms with Gasteiger partial charge in [-0.05, 0) is 87.5 Å². The standard InChI is InChI=1S/C41H49F4N7O8S/c1-6-23-28-19-52(29(23)33(53)47-20-40(17-24(40)32(42)43)36(55)51-61(57,58)39(5)13-14-39)35(54)31(38(2,3)4)50-37(56)60-27-16-22(27)9-7-8-12-41(44,45)30-34(59-28)49-26-15-21(18-46)10-11-25(26)48-30/h8,10-12,15,20,22-24,27-32,48H,6-7,9,13-14,16-17,19H2,1-5H3,(H,50,56)(H,51,55)/p+1/b12-8+,47-20?/t22-,23-,24+,27-,28+,29+,30?,31-,40-/m1/s1. The number of allylic oxidation sites excluding steroid dienone is 1. The molecule has 330 valence electrons. The average molecular weight is 877 g/mol. The number of fused-ring (bicyclic) bond motifs is 5. The first kappa shape index (κ1) is 44.0. The van der Waals surface area contributed by atoms with Gasteiger partial charge in [0.2, 0.25) is 34.2 Å². The number of carbonyl (C=O) groups is 4. The highest BCUT2D eigenvalue weighted by Gasteiger charge is 2.67. The van der Waals surface area contributed by atoms with Gasteiger partial charge in [-0.25, -0.2) is 31.8 Å². The lowest BCUT2D eigenvalue weighted by molar-refractivity contribution is -0.380. The van der Waals surface area contributed by atoms with Gasteiger partial charge in [-0.2, -0.15) is 19.0 Å². The van der Waals surface area contributed by atoms with E-state index in [9.17, 15) is 41.6 Å². The second kappa shape index (κ2) is 15.7. The number of nitriles is 1. The lowest BCUT2D eigenvalue weighted by Crippen LogP contribution is -2.81. The van der Waals surface area contributed by atoms with Crippen molar-refractivity contribution in [3.63, 3.8) is 0 Å². The number of carbonyl (C=O) groups excluding carboxylic acids is 4. The molecule has 61 heavy (non-hydrogen) atoms. The highest BCUT2D eigenvalue weighted by atomic mass is 32.2. The zero-order valence-electron chi connectivity index (χ0n) is 34.3. The molecule has 1 aromatic rings. The third kappa shape index (κ3) is 8.58. The zero-order valence-corrected chi connectivity index (χ0v) is 35.2. The number of nitrogens with one attached hydrogen (secondary N) is 4. The molecule has 3 saturated carbocycles. The first-order valence-electron chi connectivity index (χ1n) is 20.4. The van der Waals surface area contributed by atoms with Crippen LogP contribution < -0.4 is 20.3 Å². The number of alkyl halides is 4. The van der Waals surface area contributed by atoms with E-state index in [0.29, 0.717) is 12.8 Å². The van der Waals surface area contributed by atoms with Crippen LogP contribution in [0.25, 0.3) is 0 Å². The monoisotopic (exact) mass is 876 g/mol. The lowest BCUT2D eigenvalue weighted by Gasteiger charge is -2.34. The summed E-state index contributed by atoms with van der Waals surface area (Å²) in [6.45, 7) is 7.71. The minimum atomic E-state index is -4.25. The number of aliphatic imine (C=N–C) groups is 1. The number of rotatable bonds is 7. The van der Waals surface area contributed by atoms with Crippen LogP contribution in [0.5, 0.6) is 0 Å². The Morgan fingerprint density at radius 3 is 2.51 bits per heavy atom. The summed E-state index contributed by atoms with van der Waals surface area (Å²) in [7, 11) is -4.25. The highest BCUT2D eigenvalue weighted by Crippen LogP contribution is 2.55. The molecule has 2 bridgehead atoms. The second-order valence-corrected chi connectivity index (χ2v) is 20.5. The average Bonchev–Trinajstić information content (AvgIpc) is 4.14. The summed E-state index contributed by atoms with van der Waals surface area (Å²) < 4.78 is 99.5. The minimum Gasteiger partial charge on any atom is -0.473 e. The van der Waals surface area contributed by atoms with E-state index >= 15 is 8.78 Å². The molecule has 4 N–H and O–H groups in total. The van der Waals surface area contributed by atoms with E-state index in [1.807, 2.05) is 10.8 Å². The van der Waals surface area contributed by atoms with Gasteiger partial charge in [0.25, 0.3) is 5.92 Å². The van der Waals surface area contributed by atoms with Crippen molar-refractivity contribution in [2.45, 2.75) is 127 Å². The summed E-state index contributed by atoms with van der Waals surface area (Å²) >= 11 is 0. The van der Waals surface area contributed by atoms with Crippen molar-refractivity contribution in [3.8, 4) is 6.07 Å². The van der Waals surface area contributed by atoms with E-state index in [-0.39, 0.29) is 48.5 Å². The van der Waals surface area contributed by atoms with Gasteiger partial charge in [0.1, 0.15) is 23.7 Å². The second-order valence-electron chi connectivity index (χ2n) is 18.3. The number of halogens is 4. The topological polar surface area (TPSA) is 210 Å². The molecule has 3 heterocycles. The fourth-order valence-corrected chi connectivity index (χ4v) is 9.70. The molecule has 15 nitrogen and oxygen atoms in total. The number of hydrogen-bond donors (Lipinski definition) is 4. The third-order valence-corrected chi connectivity index (χ3v) is 15.0. The maximum Gasteiger partial charge on any atom is 0.408 e. The summed E-state index contributed by atoms with van der Waals surface area (Å²) in [5, 5.41) is 15.0. The molecule has 3 aliphatic carbocycles. The van der Waals surface area contributed by atoms with Crippen LogP contribution in [0.1, 0.15) is 85.1 Å². The van der Waals surface area contributed by atoms with Gasteiger partial charge in [0.05, 0.1) is 34.3 Å². The summed E-state index contributed by atoms with van der Waals surface area (Å²) in [4.78, 5) is 64.0. The van der Waals surface area contributed by atoms with E-state index in [2.05, 4.69) is 20.6 Å². The van der Waals surface area contributed by atoms with E-state index < -0.39 is 123 Å². The van der Waals surface area contributed by atoms with Gasteiger partial charge in [0.15, 0.2) is 18.3 Å². The van der Waals surface area contributed by atoms with Gasteiger partial charge in [-0.15, -0.1) is 0 Å². The van der Waals surface area contributed by atoms with Crippen LogP contribution in [-0.4, -0.2) is 103 Å². The first-order chi connectivity index (χ1) is 28.5. The van der Waals surface area contributed by atoms with Crippen LogP contribution in [0.4, 0.5) is 33.7 Å². The Morgan fingerprint density at radius 1 is 1.16 bits per heavy atom. The number of anilines is 1. The first-order valence-corrected chi connectivity index (χ1v) is 21.9. The molecule has 1 unspecified atom stereocenters. The van der Waals surface area contributed by atoms with Crippen LogP contribution in [0.2, 0.25) is 0 Å². The molecular formula is C41H50F4N7O8S+. The molecule has 3 aliphatic heterocycles. The van der Waals surface area contributed by atoms with E-state index in [0.717, 1.165) is 17.2 Å². The van der Waals surface area contributed by atoms with E-state index in [4.69, 9.17) is 9.47 Å². The van der Waals surface area contributed by atoms with Crippen molar-refractivity contribution < 1.29 is 59.6 Å². The van der Waals surface area contributed by atoms with Crippen molar-refractivity contribution in [1.82, 2.24) is 14.9 Å². The Kier molecular flexibility index (Phi) is 11.3. The summed E-state index contributed by atoms with van der Waals surface area (Å²) in [6.07, 6.45) is -1.45. The van der Waals surface area contributed by atoms with Crippen LogP contribution in [0.3, 0.4) is 0 Å². The van der Waals surface area contributed by atoms with Crippen LogP contribution in [-0.2, 0) is 33.9 Å². The number of amides is 4. The Hall–Kier alpha value is -5.06. The molecule has 7 rings (SSSR count). The van der Waals surface area contributed by atoms with Gasteiger partial charge in [0, 0.05) is 11.8 Å². The van der Waals surface area contributed by atoms with E-state index in [1.54, 1.807) is 27.7 Å². The van der Waals surface area contributed by atoms with Gasteiger partial charge >= 0.3 is 12.0 Å². The third-order valence-electron chi connectivity index (χ3n) is 12.8. The molecule has 4 amide bonds. The molecule has 0 radical (unpaired) electrons. The zero-order chi connectivity index (χ0) is 44.4. The minimum absolute atomic E-state index is 0.0875. The molecule has 4 fully saturated rings. The van der Waals surface area contributed by atoms with Crippen LogP contribution >= 0.6 is 0 Å². The number of sulfonamides is 1. The quantitative estimate of drug-likeness (QED) is 0.178. The maximum absolute atomic E-state index is 16.3. The molecule has 6 aliphatic rings. The SMILES string of the molecule is CC[C@@H]1[C@@H]2CN(C(=O)[C@H](C(C)(C)C)NC(=O)O[C@@H]3C[C@H]3CC/C=C/C(F)(F)C3Nc4ccc(C#N)cc4N=C3O2)[C@@H]1C(=O)[NH+]=C[C@]1(C(=O)NS(=O)(=O)C2(C)CC2)C[C@H]1C(F)F. The molecular weight excluding hydrogens is 827 g/mol. The molecule has 0 aromatic heterocycles. The van der Waals surface area contributed by atoms with Gasteiger partial charge in [-0.1, -0.05) is 33.8 Å². The smallest absolute Gasteiger partial charge is 0.408 e. The predicted molar refractivity (Wildman–Crippen MR) is 211 cm³/mol. The largest absolute Gasteiger partial charge is 0.473 e. The number of alkyl carbamates (subject to hydrolysis) is 1. The Labute approximate surface area is 350 Å². The highest BCUT2D eigenvalue weighted by molar-refractivity contribution is 7.91. The fourth-order valence-electron chi connectivity index (χ4n) is 8.38. The van der Waals surface area contributed by atoms with Gasteiger partial charge in [-0.3, -0.25) is 14.3 Å². The molecule has 1 aromatic carbocycles. The van der Waals surface area contributed by atoms with Crippen molar-refractivity contribution >= 4 is 57.3 Å². The lowest BCUT2D eigenvalue weighted by atomic mass is 9.85. The molecule has 20 heteroatoms. The Bertz CT molecular complexity index is 2240. The van der Waals surface area contributed by atoms with Crippen LogP contribution in [0, 0.1) is 39.9 Å².